The summed E-state index contributed by atoms with van der Waals surface area (Å²) < 4.78 is 0. The van der Waals surface area contributed by atoms with E-state index in [0.717, 1.165) is 24.2 Å². The second-order valence-corrected chi connectivity index (χ2v) is 2.67. The molecule has 1 heterocycles. The van der Waals surface area contributed by atoms with E-state index < -0.39 is 0 Å². The van der Waals surface area contributed by atoms with Crippen LogP contribution in [-0.2, 0) is 0 Å². The molecule has 0 aliphatic rings. The number of unbranched alkanes of at least 4 members (excludes halogenated alkanes) is 1. The maximum absolute atomic E-state index is 5.69. The Balaban J connectivity index is 2.68. The molecule has 1 aromatic heterocycles. The van der Waals surface area contributed by atoms with Crippen molar-refractivity contribution in [1.82, 2.24) is 4.98 Å². The molecule has 0 amide bonds. The number of allylic oxidation sites excluding steroid dienone is 1. The average Bonchev–Trinajstić information content (AvgIpc) is 2.09. The van der Waals surface area contributed by atoms with Gasteiger partial charge in [-0.1, -0.05) is 19.4 Å². The fraction of sp³-hybridized carbons (Fsp3) is 0.300. The van der Waals surface area contributed by atoms with Gasteiger partial charge in [-0.3, -0.25) is 4.98 Å². The number of hydrogen-bond acceptors (Lipinski definition) is 2. The van der Waals surface area contributed by atoms with Gasteiger partial charge in [-0.2, -0.15) is 0 Å². The largest absolute Gasteiger partial charge is 0.397 e. The van der Waals surface area contributed by atoms with Crippen LogP contribution in [0.4, 0.5) is 5.69 Å². The zero-order valence-corrected chi connectivity index (χ0v) is 7.33. The molecule has 0 spiro atoms. The van der Waals surface area contributed by atoms with Crippen LogP contribution in [0, 0.1) is 0 Å². The normalized spacial score (nSPS) is 10.8. The Bertz CT molecular complexity index is 266. The Morgan fingerprint density at radius 1 is 1.58 bits per heavy atom. The molecule has 1 rings (SSSR count). The van der Waals surface area contributed by atoms with Gasteiger partial charge in [0.2, 0.25) is 0 Å². The maximum Gasteiger partial charge on any atom is 0.0855 e. The SMILES string of the molecule is CCC/C=C\c1ncccc1N. The van der Waals surface area contributed by atoms with E-state index in [0.29, 0.717) is 0 Å². The zero-order valence-electron chi connectivity index (χ0n) is 7.33. The Hall–Kier alpha value is -1.31. The first-order valence-electron chi connectivity index (χ1n) is 4.21. The predicted molar refractivity (Wildman–Crippen MR) is 52.6 cm³/mol. The van der Waals surface area contributed by atoms with Gasteiger partial charge in [0.25, 0.3) is 0 Å². The van der Waals surface area contributed by atoms with Crippen molar-refractivity contribution in [3.63, 3.8) is 0 Å². The topological polar surface area (TPSA) is 38.9 Å². The number of anilines is 1. The van der Waals surface area contributed by atoms with Crippen LogP contribution in [0.2, 0.25) is 0 Å². The van der Waals surface area contributed by atoms with E-state index in [2.05, 4.69) is 18.0 Å². The molecular formula is C10H14N2. The van der Waals surface area contributed by atoms with E-state index >= 15 is 0 Å². The van der Waals surface area contributed by atoms with Crippen molar-refractivity contribution in [2.75, 3.05) is 5.73 Å². The van der Waals surface area contributed by atoms with E-state index in [4.69, 9.17) is 5.73 Å². The number of rotatable bonds is 3. The summed E-state index contributed by atoms with van der Waals surface area (Å²) in [6.45, 7) is 2.14. The third kappa shape index (κ3) is 2.38. The lowest BCUT2D eigenvalue weighted by Gasteiger charge is -1.96. The monoisotopic (exact) mass is 162 g/mol. The first-order valence-corrected chi connectivity index (χ1v) is 4.21. The lowest BCUT2D eigenvalue weighted by Crippen LogP contribution is -1.90. The predicted octanol–water partition coefficient (Wildman–Crippen LogP) is 2.48. The molecule has 0 aliphatic heterocycles. The minimum Gasteiger partial charge on any atom is -0.397 e. The molecule has 0 aliphatic carbocycles. The first-order chi connectivity index (χ1) is 5.84. The van der Waals surface area contributed by atoms with E-state index in [9.17, 15) is 0 Å². The van der Waals surface area contributed by atoms with E-state index in [-0.39, 0.29) is 0 Å². The van der Waals surface area contributed by atoms with Gasteiger partial charge in [-0.25, -0.2) is 0 Å². The maximum atomic E-state index is 5.69. The van der Waals surface area contributed by atoms with Gasteiger partial charge >= 0.3 is 0 Å². The summed E-state index contributed by atoms with van der Waals surface area (Å²) in [7, 11) is 0. The Morgan fingerprint density at radius 2 is 2.42 bits per heavy atom. The van der Waals surface area contributed by atoms with Crippen molar-refractivity contribution in [3.8, 4) is 0 Å². The Kier molecular flexibility index (Phi) is 3.33. The highest BCUT2D eigenvalue weighted by Crippen LogP contribution is 2.09. The first kappa shape index (κ1) is 8.78. The fourth-order valence-electron chi connectivity index (χ4n) is 0.931. The van der Waals surface area contributed by atoms with Crippen molar-refractivity contribution in [2.45, 2.75) is 19.8 Å². The van der Waals surface area contributed by atoms with Crippen LogP contribution >= 0.6 is 0 Å². The molecular weight excluding hydrogens is 148 g/mol. The third-order valence-electron chi connectivity index (χ3n) is 1.60. The van der Waals surface area contributed by atoms with Crippen LogP contribution < -0.4 is 5.73 Å². The number of nitrogen functional groups attached to an aromatic ring is 1. The highest BCUT2D eigenvalue weighted by molar-refractivity contribution is 5.59. The van der Waals surface area contributed by atoms with Crippen molar-refractivity contribution >= 4 is 11.8 Å². The lowest BCUT2D eigenvalue weighted by molar-refractivity contribution is 0.962. The van der Waals surface area contributed by atoms with E-state index in [1.165, 1.54) is 0 Å². The number of aromatic nitrogens is 1. The van der Waals surface area contributed by atoms with Gasteiger partial charge in [0.1, 0.15) is 0 Å². The summed E-state index contributed by atoms with van der Waals surface area (Å²) in [5, 5.41) is 0. The molecule has 0 atom stereocenters. The van der Waals surface area contributed by atoms with E-state index in [1.807, 2.05) is 18.2 Å². The van der Waals surface area contributed by atoms with Crippen molar-refractivity contribution in [1.29, 1.82) is 0 Å². The quantitative estimate of drug-likeness (QED) is 0.741. The van der Waals surface area contributed by atoms with Crippen molar-refractivity contribution < 1.29 is 0 Å². The van der Waals surface area contributed by atoms with Crippen LogP contribution in [0.5, 0.6) is 0 Å². The van der Waals surface area contributed by atoms with Crippen LogP contribution in [0.25, 0.3) is 6.08 Å². The van der Waals surface area contributed by atoms with Crippen molar-refractivity contribution in [3.05, 3.63) is 30.1 Å². The molecule has 0 unspecified atom stereocenters. The van der Waals surface area contributed by atoms with Crippen LogP contribution in [0.15, 0.2) is 24.4 Å². The van der Waals surface area contributed by atoms with Gasteiger partial charge in [0, 0.05) is 6.20 Å². The second kappa shape index (κ2) is 4.54. The second-order valence-electron chi connectivity index (χ2n) is 2.67. The van der Waals surface area contributed by atoms with Gasteiger partial charge in [0.05, 0.1) is 11.4 Å². The molecule has 0 radical (unpaired) electrons. The highest BCUT2D eigenvalue weighted by atomic mass is 14.7. The molecule has 0 fully saturated rings. The Labute approximate surface area is 73.1 Å². The summed E-state index contributed by atoms with van der Waals surface area (Å²) >= 11 is 0. The standard InChI is InChI=1S/C10H14N2/c1-2-3-4-7-10-9(11)6-5-8-12-10/h4-8H,2-3,11H2,1H3/b7-4-. The lowest BCUT2D eigenvalue weighted by atomic mass is 10.2. The molecule has 0 aromatic carbocycles. The summed E-state index contributed by atoms with van der Waals surface area (Å²) in [4.78, 5) is 4.14. The summed E-state index contributed by atoms with van der Waals surface area (Å²) in [5.74, 6) is 0. The highest BCUT2D eigenvalue weighted by Gasteiger charge is 1.91. The molecule has 1 aromatic rings. The number of nitrogens with zero attached hydrogens (tertiary/aromatic N) is 1. The van der Waals surface area contributed by atoms with Crippen LogP contribution in [0.3, 0.4) is 0 Å². The van der Waals surface area contributed by atoms with Crippen LogP contribution in [-0.4, -0.2) is 4.98 Å². The van der Waals surface area contributed by atoms with Gasteiger partial charge in [-0.05, 0) is 24.6 Å². The third-order valence-corrected chi connectivity index (χ3v) is 1.60. The molecule has 0 saturated heterocycles. The van der Waals surface area contributed by atoms with Gasteiger partial charge in [-0.15, -0.1) is 0 Å². The van der Waals surface area contributed by atoms with E-state index in [1.54, 1.807) is 6.20 Å². The molecule has 2 nitrogen and oxygen atoms in total. The van der Waals surface area contributed by atoms with Crippen LogP contribution in [0.1, 0.15) is 25.5 Å². The smallest absolute Gasteiger partial charge is 0.0855 e. The van der Waals surface area contributed by atoms with Gasteiger partial charge < -0.3 is 5.73 Å². The average molecular weight is 162 g/mol. The zero-order chi connectivity index (χ0) is 8.81. The fourth-order valence-corrected chi connectivity index (χ4v) is 0.931. The number of pyridine rings is 1. The minimum atomic E-state index is 0.741. The number of nitrogens with two attached hydrogens (primary N) is 1. The molecule has 2 N–H and O–H groups in total. The molecule has 2 heteroatoms. The molecule has 64 valence electrons. The Morgan fingerprint density at radius 3 is 3.08 bits per heavy atom. The number of hydrogen-bond donors (Lipinski definition) is 1. The van der Waals surface area contributed by atoms with Crippen molar-refractivity contribution in [2.24, 2.45) is 0 Å². The van der Waals surface area contributed by atoms with Gasteiger partial charge in [0.15, 0.2) is 0 Å². The summed E-state index contributed by atoms with van der Waals surface area (Å²) in [5.41, 5.74) is 7.30. The summed E-state index contributed by atoms with van der Waals surface area (Å²) in [6.07, 6.45) is 8.05. The molecule has 0 bridgehead atoms. The minimum absolute atomic E-state index is 0.741. The molecule has 12 heavy (non-hydrogen) atoms. The summed E-state index contributed by atoms with van der Waals surface area (Å²) in [6, 6.07) is 3.70. The molecule has 0 saturated carbocycles.